The predicted molar refractivity (Wildman–Crippen MR) is 173 cm³/mol. The summed E-state index contributed by atoms with van der Waals surface area (Å²) in [5.74, 6) is 1.35. The molecule has 1 fully saturated rings. The predicted octanol–water partition coefficient (Wildman–Crippen LogP) is 5.08. The number of nitrogens with zero attached hydrogens (tertiary/aromatic N) is 4. The quantitative estimate of drug-likeness (QED) is 0.246. The van der Waals surface area contributed by atoms with Crippen molar-refractivity contribution in [3.8, 4) is 5.75 Å². The summed E-state index contributed by atoms with van der Waals surface area (Å²) in [7, 11) is 3.31. The number of aromatic nitrogens is 2. The van der Waals surface area contributed by atoms with Crippen LogP contribution >= 0.6 is 0 Å². The highest BCUT2D eigenvalue weighted by Crippen LogP contribution is 2.40. The summed E-state index contributed by atoms with van der Waals surface area (Å²) in [5, 5.41) is 8.78. The van der Waals surface area contributed by atoms with Crippen molar-refractivity contribution in [1.29, 1.82) is 0 Å². The monoisotopic (exact) mass is 619 g/mol. The molecule has 2 aliphatic carbocycles. The molecule has 242 valence electrons. The van der Waals surface area contributed by atoms with Gasteiger partial charge in [-0.15, -0.1) is 0 Å². The van der Waals surface area contributed by atoms with Gasteiger partial charge in [-0.1, -0.05) is 31.9 Å². The number of fused-ring (bicyclic) bond motifs is 1. The van der Waals surface area contributed by atoms with Crippen molar-refractivity contribution in [1.82, 2.24) is 20.6 Å². The molecule has 1 aromatic carbocycles. The van der Waals surface area contributed by atoms with E-state index in [2.05, 4.69) is 38.0 Å². The highest BCUT2D eigenvalue weighted by molar-refractivity contribution is 6.04. The summed E-state index contributed by atoms with van der Waals surface area (Å²) in [4.78, 5) is 51.5. The van der Waals surface area contributed by atoms with Crippen molar-refractivity contribution in [2.45, 2.75) is 89.3 Å². The Balaban J connectivity index is 1.19. The van der Waals surface area contributed by atoms with Gasteiger partial charge in [-0.05, 0) is 69.6 Å². The SMILES string of the molecule is CC[C@@H]1C(=O)N(C)c2cnc(Nc3ccc(C(=O)NCCNC(=O)OC4CC/C=C\CCC4)cc3OC)nc2N1C1CCCC1. The fourth-order valence-corrected chi connectivity index (χ4v) is 6.38. The number of alkyl carbamates (subject to hydrolysis) is 1. The van der Waals surface area contributed by atoms with Crippen molar-refractivity contribution in [3.63, 3.8) is 0 Å². The molecule has 0 spiro atoms. The first-order chi connectivity index (χ1) is 21.9. The lowest BCUT2D eigenvalue weighted by molar-refractivity contribution is -0.120. The van der Waals surface area contributed by atoms with Crippen molar-refractivity contribution < 1.29 is 23.9 Å². The van der Waals surface area contributed by atoms with Crippen LogP contribution in [0.25, 0.3) is 0 Å². The molecule has 12 nitrogen and oxygen atoms in total. The van der Waals surface area contributed by atoms with Gasteiger partial charge in [0.1, 0.15) is 23.6 Å². The number of nitrogens with one attached hydrogen (secondary N) is 3. The van der Waals surface area contributed by atoms with Crippen LogP contribution in [0.5, 0.6) is 5.75 Å². The standard InChI is InChI=1S/C33H45N7O5/c1-4-26-31(42)39(2)27-21-36-32(38-29(27)40(26)23-12-10-11-13-23)37-25-17-16-22(20-28(25)44-3)30(41)34-18-19-35-33(43)45-24-14-8-6-5-7-9-15-24/h5-6,16-17,20-21,23-24,26H,4,7-15,18-19H2,1-3H3,(H,34,41)(H,35,43)(H,36,37,38)/b6-5-/t24?,26-/m1/s1. The molecule has 2 atom stereocenters. The highest BCUT2D eigenvalue weighted by atomic mass is 16.6. The Hall–Kier alpha value is -4.35. The molecular weight excluding hydrogens is 574 g/mol. The number of rotatable bonds is 10. The zero-order chi connectivity index (χ0) is 31.8. The van der Waals surface area contributed by atoms with Crippen molar-refractivity contribution >= 4 is 41.0 Å². The third kappa shape index (κ3) is 7.66. The van der Waals surface area contributed by atoms with Gasteiger partial charge in [0, 0.05) is 31.7 Å². The number of ether oxygens (including phenoxy) is 2. The highest BCUT2D eigenvalue weighted by Gasteiger charge is 2.41. The number of hydrogen-bond acceptors (Lipinski definition) is 9. The molecule has 1 unspecified atom stereocenters. The van der Waals surface area contributed by atoms with Crippen LogP contribution in [0.1, 0.15) is 81.5 Å². The van der Waals surface area contributed by atoms with Crippen LogP contribution < -0.4 is 30.5 Å². The molecule has 3 N–H and O–H groups in total. The number of allylic oxidation sites excluding steroid dienone is 2. The summed E-state index contributed by atoms with van der Waals surface area (Å²) in [6.07, 6.45) is 15.1. The molecule has 2 aromatic rings. The third-order valence-corrected chi connectivity index (χ3v) is 8.79. The fraction of sp³-hybridized carbons (Fsp3) is 0.545. The maximum atomic E-state index is 13.2. The van der Waals surface area contributed by atoms with E-state index in [1.54, 1.807) is 36.3 Å². The van der Waals surface area contributed by atoms with Crippen molar-refractivity contribution in [2.75, 3.05) is 42.4 Å². The van der Waals surface area contributed by atoms with Gasteiger partial charge in [0.15, 0.2) is 5.82 Å². The molecule has 5 rings (SSSR count). The van der Waals surface area contributed by atoms with Crippen LogP contribution in [-0.2, 0) is 9.53 Å². The average Bonchev–Trinajstić information content (AvgIpc) is 3.57. The van der Waals surface area contributed by atoms with E-state index in [0.717, 1.165) is 63.6 Å². The summed E-state index contributed by atoms with van der Waals surface area (Å²) >= 11 is 0. The molecule has 2 heterocycles. The minimum Gasteiger partial charge on any atom is -0.495 e. The van der Waals surface area contributed by atoms with E-state index in [4.69, 9.17) is 14.5 Å². The van der Waals surface area contributed by atoms with Gasteiger partial charge in [-0.3, -0.25) is 9.59 Å². The first-order valence-corrected chi connectivity index (χ1v) is 16.1. The van der Waals surface area contributed by atoms with E-state index in [9.17, 15) is 14.4 Å². The Labute approximate surface area is 264 Å². The normalized spacial score (nSPS) is 20.9. The minimum atomic E-state index is -0.463. The van der Waals surface area contributed by atoms with Crippen LogP contribution in [0.15, 0.2) is 36.5 Å². The molecule has 0 saturated heterocycles. The molecule has 45 heavy (non-hydrogen) atoms. The Bertz CT molecular complexity index is 1390. The molecule has 12 heteroatoms. The van der Waals surface area contributed by atoms with Gasteiger partial charge in [0.05, 0.1) is 19.0 Å². The van der Waals surface area contributed by atoms with Gasteiger partial charge >= 0.3 is 6.09 Å². The van der Waals surface area contributed by atoms with E-state index in [1.165, 1.54) is 7.11 Å². The first kappa shape index (κ1) is 32.1. The fourth-order valence-electron chi connectivity index (χ4n) is 6.38. The smallest absolute Gasteiger partial charge is 0.407 e. The van der Waals surface area contributed by atoms with Gasteiger partial charge in [0.2, 0.25) is 11.9 Å². The second-order valence-corrected chi connectivity index (χ2v) is 11.8. The van der Waals surface area contributed by atoms with E-state index >= 15 is 0 Å². The number of likely N-dealkylation sites (N-methyl/N-ethyl adjacent to an activating group) is 1. The number of carbonyl (C=O) groups is 3. The molecule has 3 aliphatic rings. The van der Waals surface area contributed by atoms with E-state index in [1.807, 2.05) is 6.92 Å². The largest absolute Gasteiger partial charge is 0.495 e. The molecule has 0 bridgehead atoms. The summed E-state index contributed by atoms with van der Waals surface area (Å²) < 4.78 is 11.1. The van der Waals surface area contributed by atoms with Crippen molar-refractivity contribution in [3.05, 3.63) is 42.1 Å². The Morgan fingerprint density at radius 1 is 1.02 bits per heavy atom. The van der Waals surface area contributed by atoms with Gasteiger partial charge in [0.25, 0.3) is 5.91 Å². The molecule has 1 saturated carbocycles. The van der Waals surface area contributed by atoms with Crippen LogP contribution in [0.4, 0.5) is 27.9 Å². The average molecular weight is 620 g/mol. The molecule has 1 aliphatic heterocycles. The number of benzene rings is 1. The molecule has 0 radical (unpaired) electrons. The topological polar surface area (TPSA) is 138 Å². The van der Waals surface area contributed by atoms with Crippen LogP contribution in [0.3, 0.4) is 0 Å². The Kier molecular flexibility index (Phi) is 10.7. The Morgan fingerprint density at radius 2 is 1.80 bits per heavy atom. The number of methoxy groups -OCH3 is 1. The number of hydrogen-bond donors (Lipinski definition) is 3. The minimum absolute atomic E-state index is 0.0653. The maximum absolute atomic E-state index is 13.2. The summed E-state index contributed by atoms with van der Waals surface area (Å²) in [6, 6.07) is 5.09. The van der Waals surface area contributed by atoms with E-state index < -0.39 is 6.09 Å². The summed E-state index contributed by atoms with van der Waals surface area (Å²) in [6.45, 7) is 2.54. The number of carbonyl (C=O) groups excluding carboxylic acids is 3. The lowest BCUT2D eigenvalue weighted by Gasteiger charge is -2.43. The molecule has 3 amide bonds. The zero-order valence-corrected chi connectivity index (χ0v) is 26.5. The maximum Gasteiger partial charge on any atom is 0.407 e. The lowest BCUT2D eigenvalue weighted by Crippen LogP contribution is -2.55. The Morgan fingerprint density at radius 3 is 2.58 bits per heavy atom. The second-order valence-electron chi connectivity index (χ2n) is 11.8. The van der Waals surface area contributed by atoms with Crippen LogP contribution in [0.2, 0.25) is 0 Å². The van der Waals surface area contributed by atoms with Crippen LogP contribution in [-0.4, -0.2) is 73.3 Å². The van der Waals surface area contributed by atoms with Crippen LogP contribution in [0, 0.1) is 0 Å². The zero-order valence-electron chi connectivity index (χ0n) is 26.5. The van der Waals surface area contributed by atoms with E-state index in [-0.39, 0.29) is 43.1 Å². The van der Waals surface area contributed by atoms with Gasteiger partial charge < -0.3 is 35.2 Å². The van der Waals surface area contributed by atoms with Gasteiger partial charge in [-0.2, -0.15) is 4.98 Å². The number of anilines is 4. The second kappa shape index (κ2) is 15.1. The first-order valence-electron chi connectivity index (χ1n) is 16.1. The molecular formula is C33H45N7O5. The lowest BCUT2D eigenvalue weighted by atomic mass is 10.0. The summed E-state index contributed by atoms with van der Waals surface area (Å²) in [5.41, 5.74) is 1.70. The van der Waals surface area contributed by atoms with Gasteiger partial charge in [-0.25, -0.2) is 9.78 Å². The van der Waals surface area contributed by atoms with Crippen molar-refractivity contribution in [2.24, 2.45) is 0 Å². The molecule has 1 aromatic heterocycles. The third-order valence-electron chi connectivity index (χ3n) is 8.79. The number of amides is 3. The van der Waals surface area contributed by atoms with E-state index in [0.29, 0.717) is 35.1 Å².